The summed E-state index contributed by atoms with van der Waals surface area (Å²) in [7, 11) is 0. The quantitative estimate of drug-likeness (QED) is 0.634. The molecule has 3 nitrogen and oxygen atoms in total. The Balaban J connectivity index is 1.74. The zero-order valence-corrected chi connectivity index (χ0v) is 11.1. The average Bonchev–Trinajstić information content (AvgIpc) is 2.87. The van der Waals surface area contributed by atoms with Gasteiger partial charge in [-0.2, -0.15) is 0 Å². The molecule has 19 heavy (non-hydrogen) atoms. The van der Waals surface area contributed by atoms with Gasteiger partial charge in [0.05, 0.1) is 5.56 Å². The highest BCUT2D eigenvalue weighted by Crippen LogP contribution is 2.28. The molecular weight excluding hydrogens is 243 g/mol. The standard InChI is InChI=1S/C15H21FN2O/c16-14-10-12(17)7-8-13(14)15(19)18-9-3-6-11-4-1-2-5-11/h7-8,10-11H,1-6,9,17H2,(H,18,19). The van der Waals surface area contributed by atoms with Crippen LogP contribution in [0, 0.1) is 11.7 Å². The van der Waals surface area contributed by atoms with E-state index < -0.39 is 5.82 Å². The van der Waals surface area contributed by atoms with Crippen molar-refractivity contribution in [2.75, 3.05) is 12.3 Å². The smallest absolute Gasteiger partial charge is 0.254 e. The number of hydrogen-bond donors (Lipinski definition) is 2. The zero-order valence-electron chi connectivity index (χ0n) is 11.1. The summed E-state index contributed by atoms with van der Waals surface area (Å²) in [6.45, 7) is 0.610. The van der Waals surface area contributed by atoms with Gasteiger partial charge >= 0.3 is 0 Å². The monoisotopic (exact) mass is 264 g/mol. The van der Waals surface area contributed by atoms with Crippen molar-refractivity contribution >= 4 is 11.6 Å². The van der Waals surface area contributed by atoms with Gasteiger partial charge in [0.1, 0.15) is 5.82 Å². The second kappa shape index (κ2) is 6.55. The maximum absolute atomic E-state index is 13.5. The maximum atomic E-state index is 13.5. The highest BCUT2D eigenvalue weighted by molar-refractivity contribution is 5.94. The number of benzene rings is 1. The predicted octanol–water partition coefficient (Wildman–Crippen LogP) is 3.11. The first-order chi connectivity index (χ1) is 9.16. The maximum Gasteiger partial charge on any atom is 0.254 e. The number of anilines is 1. The van der Waals surface area contributed by atoms with Crippen LogP contribution in [-0.2, 0) is 0 Å². The van der Waals surface area contributed by atoms with Gasteiger partial charge in [0, 0.05) is 12.2 Å². The fourth-order valence-corrected chi connectivity index (χ4v) is 2.70. The van der Waals surface area contributed by atoms with Crippen LogP contribution in [0.15, 0.2) is 18.2 Å². The highest BCUT2D eigenvalue weighted by Gasteiger charge is 2.15. The van der Waals surface area contributed by atoms with E-state index in [2.05, 4.69) is 5.32 Å². The van der Waals surface area contributed by atoms with Gasteiger partial charge in [-0.15, -0.1) is 0 Å². The van der Waals surface area contributed by atoms with E-state index in [1.165, 1.54) is 43.9 Å². The lowest BCUT2D eigenvalue weighted by Gasteiger charge is -2.09. The predicted molar refractivity (Wildman–Crippen MR) is 74.3 cm³/mol. The summed E-state index contributed by atoms with van der Waals surface area (Å²) in [6, 6.07) is 4.14. The van der Waals surface area contributed by atoms with E-state index in [4.69, 9.17) is 5.73 Å². The minimum atomic E-state index is -0.562. The number of amides is 1. The number of nitrogen functional groups attached to an aromatic ring is 1. The molecule has 0 heterocycles. The lowest BCUT2D eigenvalue weighted by Crippen LogP contribution is -2.25. The Labute approximate surface area is 113 Å². The molecule has 1 aromatic rings. The van der Waals surface area contributed by atoms with Gasteiger partial charge in [-0.1, -0.05) is 25.7 Å². The molecule has 0 bridgehead atoms. The van der Waals surface area contributed by atoms with Crippen molar-refractivity contribution < 1.29 is 9.18 Å². The largest absolute Gasteiger partial charge is 0.399 e. The summed E-state index contributed by atoms with van der Waals surface area (Å²) in [5.41, 5.74) is 5.84. The molecule has 1 fully saturated rings. The first kappa shape index (κ1) is 13.8. The Kier molecular flexibility index (Phi) is 4.77. The lowest BCUT2D eigenvalue weighted by molar-refractivity contribution is 0.0948. The Morgan fingerprint density at radius 3 is 2.79 bits per heavy atom. The van der Waals surface area contributed by atoms with Crippen molar-refractivity contribution in [2.24, 2.45) is 5.92 Å². The molecule has 0 atom stereocenters. The van der Waals surface area contributed by atoms with E-state index in [9.17, 15) is 9.18 Å². The number of nitrogens with one attached hydrogen (secondary N) is 1. The van der Waals surface area contributed by atoms with Crippen molar-refractivity contribution in [3.63, 3.8) is 0 Å². The molecule has 1 amide bonds. The van der Waals surface area contributed by atoms with Crippen LogP contribution in [0.3, 0.4) is 0 Å². The fourth-order valence-electron chi connectivity index (χ4n) is 2.70. The van der Waals surface area contributed by atoms with Gasteiger partial charge < -0.3 is 11.1 Å². The van der Waals surface area contributed by atoms with E-state index in [1.54, 1.807) is 0 Å². The van der Waals surface area contributed by atoms with Crippen molar-refractivity contribution in [3.05, 3.63) is 29.6 Å². The fraction of sp³-hybridized carbons (Fsp3) is 0.533. The van der Waals surface area contributed by atoms with Crippen LogP contribution >= 0.6 is 0 Å². The minimum absolute atomic E-state index is 0.0649. The number of rotatable bonds is 5. The summed E-state index contributed by atoms with van der Waals surface area (Å²) in [5.74, 6) is -0.0950. The molecule has 1 aliphatic rings. The van der Waals surface area contributed by atoms with Crippen LogP contribution in [0.2, 0.25) is 0 Å². The third kappa shape index (κ3) is 3.94. The SMILES string of the molecule is Nc1ccc(C(=O)NCCCC2CCCC2)c(F)c1. The highest BCUT2D eigenvalue weighted by atomic mass is 19.1. The number of carbonyl (C=O) groups is 1. The van der Waals surface area contributed by atoms with Crippen LogP contribution in [0.4, 0.5) is 10.1 Å². The molecule has 2 rings (SSSR count). The molecular formula is C15H21FN2O. The first-order valence-electron chi connectivity index (χ1n) is 7.00. The third-order valence-electron chi connectivity index (χ3n) is 3.79. The van der Waals surface area contributed by atoms with Crippen LogP contribution in [0.25, 0.3) is 0 Å². The first-order valence-corrected chi connectivity index (χ1v) is 7.00. The van der Waals surface area contributed by atoms with Gasteiger partial charge in [-0.05, 0) is 37.0 Å². The number of hydrogen-bond acceptors (Lipinski definition) is 2. The van der Waals surface area contributed by atoms with Gasteiger partial charge in [0.25, 0.3) is 5.91 Å². The van der Waals surface area contributed by atoms with E-state index >= 15 is 0 Å². The van der Waals surface area contributed by atoms with Crippen molar-refractivity contribution in [2.45, 2.75) is 38.5 Å². The molecule has 4 heteroatoms. The van der Waals surface area contributed by atoms with Crippen molar-refractivity contribution in [3.8, 4) is 0 Å². The van der Waals surface area contributed by atoms with E-state index in [1.807, 2.05) is 0 Å². The molecule has 1 aliphatic carbocycles. The second-order valence-electron chi connectivity index (χ2n) is 5.29. The topological polar surface area (TPSA) is 55.1 Å². The van der Waals surface area contributed by atoms with Gasteiger partial charge in [0.2, 0.25) is 0 Å². The van der Waals surface area contributed by atoms with Crippen LogP contribution in [0.1, 0.15) is 48.9 Å². The Morgan fingerprint density at radius 1 is 1.37 bits per heavy atom. The molecule has 1 aromatic carbocycles. The molecule has 1 saturated carbocycles. The molecule has 0 unspecified atom stereocenters. The summed E-state index contributed by atoms with van der Waals surface area (Å²) in [5, 5.41) is 2.76. The molecule has 0 aliphatic heterocycles. The van der Waals surface area contributed by atoms with E-state index in [0.29, 0.717) is 12.2 Å². The second-order valence-corrected chi connectivity index (χ2v) is 5.29. The van der Waals surface area contributed by atoms with E-state index in [-0.39, 0.29) is 11.5 Å². The number of carbonyl (C=O) groups excluding carboxylic acids is 1. The Morgan fingerprint density at radius 2 is 2.11 bits per heavy atom. The Bertz CT molecular complexity index is 442. The summed E-state index contributed by atoms with van der Waals surface area (Å²) in [4.78, 5) is 11.8. The summed E-state index contributed by atoms with van der Waals surface area (Å²) in [6.07, 6.45) is 7.44. The molecule has 104 valence electrons. The van der Waals surface area contributed by atoms with Gasteiger partial charge in [-0.3, -0.25) is 4.79 Å². The minimum Gasteiger partial charge on any atom is -0.399 e. The van der Waals surface area contributed by atoms with Gasteiger partial charge in [0.15, 0.2) is 0 Å². The van der Waals surface area contributed by atoms with Gasteiger partial charge in [-0.25, -0.2) is 4.39 Å². The normalized spacial score (nSPS) is 15.6. The number of halogens is 1. The van der Waals surface area contributed by atoms with Crippen LogP contribution in [0.5, 0.6) is 0 Å². The zero-order chi connectivity index (χ0) is 13.7. The molecule has 3 N–H and O–H groups in total. The van der Waals surface area contributed by atoms with E-state index in [0.717, 1.165) is 18.8 Å². The average molecular weight is 264 g/mol. The summed E-state index contributed by atoms with van der Waals surface area (Å²) >= 11 is 0. The summed E-state index contributed by atoms with van der Waals surface area (Å²) < 4.78 is 13.5. The Hall–Kier alpha value is -1.58. The van der Waals surface area contributed by atoms with Crippen molar-refractivity contribution in [1.82, 2.24) is 5.32 Å². The lowest BCUT2D eigenvalue weighted by atomic mass is 10.0. The molecule has 0 radical (unpaired) electrons. The molecule has 0 saturated heterocycles. The van der Waals surface area contributed by atoms with Crippen molar-refractivity contribution in [1.29, 1.82) is 0 Å². The molecule has 0 spiro atoms. The third-order valence-corrected chi connectivity index (χ3v) is 3.79. The van der Waals surface area contributed by atoms with Crippen LogP contribution < -0.4 is 11.1 Å². The van der Waals surface area contributed by atoms with Crippen LogP contribution in [-0.4, -0.2) is 12.5 Å². The number of nitrogens with two attached hydrogens (primary N) is 1. The molecule has 0 aromatic heterocycles.